The number of carbonyl (C=O) groups excluding carboxylic acids is 2. The number of rotatable bonds is 12. The summed E-state index contributed by atoms with van der Waals surface area (Å²) >= 11 is 7.56. The van der Waals surface area contributed by atoms with Crippen LogP contribution in [0.25, 0.3) is 0 Å². The van der Waals surface area contributed by atoms with Crippen molar-refractivity contribution in [2.24, 2.45) is 0 Å². The summed E-state index contributed by atoms with van der Waals surface area (Å²) in [7, 11) is 0. The fraction of sp³-hybridized carbons (Fsp3) is 0.440. The molecule has 2 rings (SSSR count). The smallest absolute Gasteiger partial charge is 0.242 e. The molecule has 168 valence electrons. The molecule has 0 fully saturated rings. The molecule has 0 aliphatic carbocycles. The third-order valence-electron chi connectivity index (χ3n) is 5.09. The van der Waals surface area contributed by atoms with E-state index in [4.69, 9.17) is 11.6 Å². The highest BCUT2D eigenvalue weighted by molar-refractivity contribution is 7.99. The van der Waals surface area contributed by atoms with Gasteiger partial charge in [-0.15, -0.1) is 11.8 Å². The fourth-order valence-electron chi connectivity index (χ4n) is 3.25. The Kier molecular flexibility index (Phi) is 11.0. The number of unbranched alkanes of at least 4 members (excludes halogenated alkanes) is 1. The highest BCUT2D eigenvalue weighted by Gasteiger charge is 2.28. The van der Waals surface area contributed by atoms with Crippen LogP contribution in [-0.2, 0) is 16.1 Å². The van der Waals surface area contributed by atoms with Crippen molar-refractivity contribution in [1.29, 1.82) is 0 Å². The zero-order chi connectivity index (χ0) is 22.6. The van der Waals surface area contributed by atoms with Gasteiger partial charge < -0.3 is 10.2 Å². The minimum absolute atomic E-state index is 0.000435. The molecule has 0 saturated heterocycles. The quantitative estimate of drug-likeness (QED) is 0.319. The number of halogens is 1. The molecular formula is C25H33ClN2O2S. The van der Waals surface area contributed by atoms with Crippen LogP contribution >= 0.6 is 23.4 Å². The molecule has 0 heterocycles. The Morgan fingerprint density at radius 1 is 1.06 bits per heavy atom. The Bertz CT molecular complexity index is 824. The normalized spacial score (nSPS) is 11.7. The molecule has 2 aromatic rings. The van der Waals surface area contributed by atoms with Crippen LogP contribution in [0.2, 0.25) is 5.02 Å². The van der Waals surface area contributed by atoms with E-state index < -0.39 is 6.04 Å². The number of benzene rings is 2. The largest absolute Gasteiger partial charge is 0.354 e. The molecule has 0 aromatic heterocycles. The first-order valence-electron chi connectivity index (χ1n) is 11.0. The molecule has 0 aliphatic heterocycles. The second-order valence-electron chi connectivity index (χ2n) is 7.63. The first kappa shape index (κ1) is 25.3. The Morgan fingerprint density at radius 2 is 1.74 bits per heavy atom. The molecular weight excluding hydrogens is 428 g/mol. The predicted octanol–water partition coefficient (Wildman–Crippen LogP) is 5.85. The van der Waals surface area contributed by atoms with Crippen LogP contribution in [-0.4, -0.2) is 35.1 Å². The van der Waals surface area contributed by atoms with Gasteiger partial charge in [0.2, 0.25) is 11.8 Å². The number of hydrogen-bond donors (Lipinski definition) is 1. The van der Waals surface area contributed by atoms with E-state index in [9.17, 15) is 9.59 Å². The minimum Gasteiger partial charge on any atom is -0.354 e. The van der Waals surface area contributed by atoms with E-state index in [1.165, 1.54) is 5.56 Å². The van der Waals surface area contributed by atoms with Crippen LogP contribution in [0.4, 0.5) is 0 Å². The third-order valence-corrected chi connectivity index (χ3v) is 6.35. The van der Waals surface area contributed by atoms with E-state index in [0.29, 0.717) is 36.7 Å². The molecule has 0 bridgehead atoms. The maximum absolute atomic E-state index is 13.2. The number of carbonyl (C=O) groups is 2. The molecule has 6 heteroatoms. The number of thioether (sulfide) groups is 1. The molecule has 0 aliphatic rings. The second kappa shape index (κ2) is 13.4. The highest BCUT2D eigenvalue weighted by atomic mass is 35.5. The standard InChI is InChI=1S/C25H33ClN2O2S/c1-4-6-16-27-25(30)23(5-2)28(18-20-9-7-19(3)8-10-20)24(29)15-17-31-22-13-11-21(26)12-14-22/h7-14,23H,4-6,15-18H2,1-3H3,(H,27,30). The lowest BCUT2D eigenvalue weighted by molar-refractivity contribution is -0.141. The van der Waals surface area contributed by atoms with Crippen LogP contribution in [0.5, 0.6) is 0 Å². The molecule has 31 heavy (non-hydrogen) atoms. The van der Waals surface area contributed by atoms with Crippen LogP contribution < -0.4 is 5.32 Å². The summed E-state index contributed by atoms with van der Waals surface area (Å²) < 4.78 is 0. The van der Waals surface area contributed by atoms with Crippen molar-refractivity contribution in [2.75, 3.05) is 12.3 Å². The van der Waals surface area contributed by atoms with Crippen molar-refractivity contribution in [2.45, 2.75) is 63.9 Å². The first-order valence-corrected chi connectivity index (χ1v) is 12.3. The van der Waals surface area contributed by atoms with Gasteiger partial charge >= 0.3 is 0 Å². The van der Waals surface area contributed by atoms with E-state index in [1.54, 1.807) is 16.7 Å². The van der Waals surface area contributed by atoms with E-state index in [-0.39, 0.29) is 11.8 Å². The zero-order valence-corrected chi connectivity index (χ0v) is 20.3. The summed E-state index contributed by atoms with van der Waals surface area (Å²) in [6.07, 6.45) is 2.91. The number of nitrogens with zero attached hydrogens (tertiary/aromatic N) is 1. The van der Waals surface area contributed by atoms with Crippen molar-refractivity contribution in [3.63, 3.8) is 0 Å². The van der Waals surface area contributed by atoms with Gasteiger partial charge in [0.1, 0.15) is 6.04 Å². The van der Waals surface area contributed by atoms with Crippen LogP contribution in [0.1, 0.15) is 50.7 Å². The van der Waals surface area contributed by atoms with Crippen LogP contribution in [0.15, 0.2) is 53.4 Å². The number of amides is 2. The Morgan fingerprint density at radius 3 is 2.35 bits per heavy atom. The van der Waals surface area contributed by atoms with Gasteiger partial charge in [-0.25, -0.2) is 0 Å². The molecule has 0 radical (unpaired) electrons. The molecule has 1 atom stereocenters. The maximum atomic E-state index is 13.2. The van der Waals surface area contributed by atoms with Crippen molar-refractivity contribution < 1.29 is 9.59 Å². The van der Waals surface area contributed by atoms with Gasteiger partial charge in [-0.05, 0) is 49.6 Å². The van der Waals surface area contributed by atoms with E-state index in [0.717, 1.165) is 23.3 Å². The molecule has 4 nitrogen and oxygen atoms in total. The lowest BCUT2D eigenvalue weighted by Crippen LogP contribution is -2.49. The van der Waals surface area contributed by atoms with Gasteiger partial charge in [-0.2, -0.15) is 0 Å². The molecule has 1 unspecified atom stereocenters. The Balaban J connectivity index is 2.08. The number of aryl methyl sites for hydroxylation is 1. The van der Waals surface area contributed by atoms with Gasteiger partial charge in [-0.3, -0.25) is 9.59 Å². The summed E-state index contributed by atoms with van der Waals surface area (Å²) in [4.78, 5) is 28.9. The minimum atomic E-state index is -0.466. The Labute approximate surface area is 195 Å². The average Bonchev–Trinajstić information content (AvgIpc) is 2.76. The maximum Gasteiger partial charge on any atom is 0.242 e. The zero-order valence-electron chi connectivity index (χ0n) is 18.7. The summed E-state index contributed by atoms with van der Waals surface area (Å²) in [5.74, 6) is 0.583. The molecule has 2 amide bonds. The summed E-state index contributed by atoms with van der Waals surface area (Å²) in [5.41, 5.74) is 2.20. The fourth-order valence-corrected chi connectivity index (χ4v) is 4.21. The van der Waals surface area contributed by atoms with Gasteiger partial charge in [0.25, 0.3) is 0 Å². The van der Waals surface area contributed by atoms with Crippen LogP contribution in [0, 0.1) is 6.92 Å². The summed E-state index contributed by atoms with van der Waals surface area (Å²) in [6.45, 7) is 7.17. The number of nitrogens with one attached hydrogen (secondary N) is 1. The summed E-state index contributed by atoms with van der Waals surface area (Å²) in [5, 5.41) is 3.70. The van der Waals surface area contributed by atoms with E-state index >= 15 is 0 Å². The van der Waals surface area contributed by atoms with Crippen molar-refractivity contribution in [3.8, 4) is 0 Å². The molecule has 2 aromatic carbocycles. The van der Waals surface area contributed by atoms with Gasteiger partial charge in [0.05, 0.1) is 0 Å². The topological polar surface area (TPSA) is 49.4 Å². The van der Waals surface area contributed by atoms with Gasteiger partial charge in [0, 0.05) is 35.2 Å². The van der Waals surface area contributed by atoms with E-state index in [1.807, 2.05) is 62.4 Å². The number of hydrogen-bond acceptors (Lipinski definition) is 3. The SMILES string of the molecule is CCCCNC(=O)C(CC)N(Cc1ccc(C)cc1)C(=O)CCSc1ccc(Cl)cc1. The monoisotopic (exact) mass is 460 g/mol. The molecule has 0 saturated carbocycles. The van der Waals surface area contributed by atoms with Gasteiger partial charge in [0.15, 0.2) is 0 Å². The lowest BCUT2D eigenvalue weighted by Gasteiger charge is -2.30. The second-order valence-corrected chi connectivity index (χ2v) is 9.23. The molecule has 1 N–H and O–H groups in total. The molecule has 0 spiro atoms. The first-order chi connectivity index (χ1) is 14.9. The highest BCUT2D eigenvalue weighted by Crippen LogP contribution is 2.22. The lowest BCUT2D eigenvalue weighted by atomic mass is 10.1. The van der Waals surface area contributed by atoms with Crippen molar-refractivity contribution in [3.05, 3.63) is 64.7 Å². The average molecular weight is 461 g/mol. The van der Waals surface area contributed by atoms with Crippen molar-refractivity contribution >= 4 is 35.2 Å². The summed E-state index contributed by atoms with van der Waals surface area (Å²) in [6, 6.07) is 15.3. The van der Waals surface area contributed by atoms with Crippen LogP contribution in [0.3, 0.4) is 0 Å². The van der Waals surface area contributed by atoms with Crippen molar-refractivity contribution in [1.82, 2.24) is 10.2 Å². The third kappa shape index (κ3) is 8.58. The predicted molar refractivity (Wildman–Crippen MR) is 131 cm³/mol. The van der Waals surface area contributed by atoms with E-state index in [2.05, 4.69) is 12.2 Å². The Hall–Kier alpha value is -1.98. The van der Waals surface area contributed by atoms with Gasteiger partial charge in [-0.1, -0.05) is 61.7 Å².